The number of rotatable bonds is 3. The highest BCUT2D eigenvalue weighted by Gasteiger charge is 2.55. The molecule has 3 atom stereocenters. The molecule has 2 aliphatic rings. The molecule has 2 fully saturated rings. The Hall–Kier alpha value is -1.02. The van der Waals surface area contributed by atoms with Crippen LogP contribution in [0.4, 0.5) is 0 Å². The maximum absolute atomic E-state index is 5.29. The molecule has 0 spiro atoms. The fourth-order valence-corrected chi connectivity index (χ4v) is 5.14. The van der Waals surface area contributed by atoms with E-state index < -0.39 is 0 Å². The first-order valence-corrected chi connectivity index (χ1v) is 8.41. The van der Waals surface area contributed by atoms with E-state index >= 15 is 0 Å². The monoisotopic (exact) mass is 330 g/mol. The van der Waals surface area contributed by atoms with Crippen molar-refractivity contribution in [3.05, 3.63) is 42.0 Å². The Balaban J connectivity index is 1.64. The van der Waals surface area contributed by atoms with Crippen molar-refractivity contribution in [3.63, 3.8) is 0 Å². The lowest BCUT2D eigenvalue weighted by Gasteiger charge is -2.13. The molecule has 0 radical (unpaired) electrons. The molecule has 2 saturated carbocycles. The van der Waals surface area contributed by atoms with Gasteiger partial charge in [0.05, 0.1) is 7.11 Å². The van der Waals surface area contributed by atoms with Crippen molar-refractivity contribution in [2.75, 3.05) is 7.11 Å². The van der Waals surface area contributed by atoms with Gasteiger partial charge in [0.1, 0.15) is 5.75 Å². The molecule has 2 aliphatic carbocycles. The molecule has 3 unspecified atom stereocenters. The maximum atomic E-state index is 5.29. The van der Waals surface area contributed by atoms with Crippen molar-refractivity contribution in [1.82, 2.24) is 0 Å². The first-order valence-electron chi connectivity index (χ1n) is 7.50. The zero-order chi connectivity index (χ0) is 13.7. The van der Waals surface area contributed by atoms with Crippen LogP contribution in [0.15, 0.2) is 36.4 Å². The minimum Gasteiger partial charge on any atom is -0.497 e. The maximum Gasteiger partial charge on any atom is 0.119 e. The number of halogens is 1. The molecule has 104 valence electrons. The molecule has 0 bridgehead atoms. The SMILES string of the molecule is COc1ccc2cc(C(Br)C3C4CCCC43)ccc2c1. The Morgan fingerprint density at radius 2 is 1.75 bits per heavy atom. The summed E-state index contributed by atoms with van der Waals surface area (Å²) in [5.41, 5.74) is 1.43. The van der Waals surface area contributed by atoms with Gasteiger partial charge in [-0.15, -0.1) is 0 Å². The van der Waals surface area contributed by atoms with Gasteiger partial charge >= 0.3 is 0 Å². The van der Waals surface area contributed by atoms with Crippen LogP contribution in [-0.4, -0.2) is 7.11 Å². The number of hydrogen-bond acceptors (Lipinski definition) is 1. The van der Waals surface area contributed by atoms with Gasteiger partial charge in [0.25, 0.3) is 0 Å². The van der Waals surface area contributed by atoms with Crippen LogP contribution in [0.25, 0.3) is 10.8 Å². The van der Waals surface area contributed by atoms with E-state index in [4.69, 9.17) is 4.74 Å². The van der Waals surface area contributed by atoms with Gasteiger partial charge in [0.2, 0.25) is 0 Å². The predicted octanol–water partition coefficient (Wildman–Crippen LogP) is 5.33. The molecular weight excluding hydrogens is 312 g/mol. The summed E-state index contributed by atoms with van der Waals surface area (Å²) in [4.78, 5) is 0.532. The Bertz CT molecular complexity index is 641. The Morgan fingerprint density at radius 1 is 1.05 bits per heavy atom. The fourth-order valence-electron chi connectivity index (χ4n) is 4.07. The van der Waals surface area contributed by atoms with E-state index in [1.54, 1.807) is 7.11 Å². The second kappa shape index (κ2) is 4.77. The Kier molecular flexibility index (Phi) is 3.03. The molecule has 0 heterocycles. The van der Waals surface area contributed by atoms with Crippen molar-refractivity contribution in [3.8, 4) is 5.75 Å². The van der Waals surface area contributed by atoms with E-state index in [1.165, 1.54) is 35.6 Å². The highest BCUT2D eigenvalue weighted by atomic mass is 79.9. The van der Waals surface area contributed by atoms with E-state index in [-0.39, 0.29) is 0 Å². The van der Waals surface area contributed by atoms with Gasteiger partial charge in [0, 0.05) is 4.83 Å². The first kappa shape index (κ1) is 12.7. The molecule has 0 saturated heterocycles. The standard InChI is InChI=1S/C18H19BrO/c1-20-14-8-7-11-9-13(6-5-12(11)10-14)18(19)17-15-3-2-4-16(15)17/h5-10,15-18H,2-4H2,1H3. The van der Waals surface area contributed by atoms with Crippen molar-refractivity contribution >= 4 is 26.7 Å². The predicted molar refractivity (Wildman–Crippen MR) is 86.5 cm³/mol. The van der Waals surface area contributed by atoms with Gasteiger partial charge in [-0.1, -0.05) is 46.6 Å². The molecule has 2 aromatic rings. The third-order valence-corrected chi connectivity index (χ3v) is 6.34. The van der Waals surface area contributed by atoms with Crippen LogP contribution in [-0.2, 0) is 0 Å². The summed E-state index contributed by atoms with van der Waals surface area (Å²) >= 11 is 3.96. The summed E-state index contributed by atoms with van der Waals surface area (Å²) < 4.78 is 5.29. The summed E-state index contributed by atoms with van der Waals surface area (Å²) in [6.45, 7) is 0. The van der Waals surface area contributed by atoms with E-state index in [9.17, 15) is 0 Å². The molecule has 20 heavy (non-hydrogen) atoms. The van der Waals surface area contributed by atoms with Crippen LogP contribution in [0.1, 0.15) is 29.7 Å². The lowest BCUT2D eigenvalue weighted by molar-refractivity contribution is 0.415. The average Bonchev–Trinajstić information content (AvgIpc) is 2.97. The van der Waals surface area contributed by atoms with E-state index in [1.807, 2.05) is 6.07 Å². The smallest absolute Gasteiger partial charge is 0.119 e. The van der Waals surface area contributed by atoms with Crippen molar-refractivity contribution < 1.29 is 4.74 Å². The Labute approximate surface area is 128 Å². The summed E-state index contributed by atoms with van der Waals surface area (Å²) in [6.07, 6.45) is 4.34. The molecule has 2 heteroatoms. The van der Waals surface area contributed by atoms with Gasteiger partial charge in [-0.25, -0.2) is 0 Å². The molecule has 1 nitrogen and oxygen atoms in total. The van der Waals surface area contributed by atoms with Crippen LogP contribution in [0.3, 0.4) is 0 Å². The number of methoxy groups -OCH3 is 1. The van der Waals surface area contributed by atoms with Gasteiger partial charge < -0.3 is 4.74 Å². The average molecular weight is 331 g/mol. The van der Waals surface area contributed by atoms with E-state index in [0.717, 1.165) is 23.5 Å². The van der Waals surface area contributed by atoms with Gasteiger partial charge in [-0.3, -0.25) is 0 Å². The third-order valence-electron chi connectivity index (χ3n) is 5.20. The van der Waals surface area contributed by atoms with Crippen LogP contribution >= 0.6 is 15.9 Å². The van der Waals surface area contributed by atoms with Gasteiger partial charge in [-0.2, -0.15) is 0 Å². The molecule has 2 aromatic carbocycles. The lowest BCUT2D eigenvalue weighted by atomic mass is 9.99. The van der Waals surface area contributed by atoms with Crippen LogP contribution in [0.2, 0.25) is 0 Å². The Morgan fingerprint density at radius 3 is 2.50 bits per heavy atom. The van der Waals surface area contributed by atoms with E-state index in [2.05, 4.69) is 46.3 Å². The molecular formula is C18H19BrO. The number of benzene rings is 2. The number of hydrogen-bond donors (Lipinski definition) is 0. The zero-order valence-electron chi connectivity index (χ0n) is 11.7. The number of fused-ring (bicyclic) bond motifs is 2. The normalized spacial score (nSPS) is 29.2. The van der Waals surface area contributed by atoms with Crippen LogP contribution in [0.5, 0.6) is 5.75 Å². The largest absolute Gasteiger partial charge is 0.497 e. The quantitative estimate of drug-likeness (QED) is 0.691. The second-order valence-electron chi connectivity index (χ2n) is 6.21. The number of alkyl halides is 1. The minimum atomic E-state index is 0.532. The van der Waals surface area contributed by atoms with Crippen LogP contribution in [0, 0.1) is 17.8 Å². The second-order valence-corrected chi connectivity index (χ2v) is 7.20. The molecule has 0 aromatic heterocycles. The first-order chi connectivity index (χ1) is 9.78. The van der Waals surface area contributed by atoms with Gasteiger partial charge in [-0.05, 0) is 59.1 Å². The zero-order valence-corrected chi connectivity index (χ0v) is 13.3. The molecule has 0 aliphatic heterocycles. The molecule has 0 amide bonds. The third kappa shape index (κ3) is 1.96. The molecule has 0 N–H and O–H groups in total. The van der Waals surface area contributed by atoms with Crippen molar-refractivity contribution in [2.45, 2.75) is 24.1 Å². The fraction of sp³-hybridized carbons (Fsp3) is 0.444. The number of ether oxygens (including phenoxy) is 1. The highest BCUT2D eigenvalue weighted by Crippen LogP contribution is 2.64. The van der Waals surface area contributed by atoms with Gasteiger partial charge in [0.15, 0.2) is 0 Å². The van der Waals surface area contributed by atoms with Crippen LogP contribution < -0.4 is 4.74 Å². The van der Waals surface area contributed by atoms with Crippen molar-refractivity contribution in [1.29, 1.82) is 0 Å². The summed E-state index contributed by atoms with van der Waals surface area (Å²) in [5, 5.41) is 2.56. The molecule has 4 rings (SSSR count). The summed E-state index contributed by atoms with van der Waals surface area (Å²) in [6, 6.07) is 13.1. The summed E-state index contributed by atoms with van der Waals surface area (Å²) in [7, 11) is 1.72. The van der Waals surface area contributed by atoms with Crippen molar-refractivity contribution in [2.24, 2.45) is 17.8 Å². The minimum absolute atomic E-state index is 0.532. The highest BCUT2D eigenvalue weighted by molar-refractivity contribution is 9.09. The topological polar surface area (TPSA) is 9.23 Å². The lowest BCUT2D eigenvalue weighted by Crippen LogP contribution is -1.98. The van der Waals surface area contributed by atoms with E-state index in [0.29, 0.717) is 4.83 Å². The summed E-state index contributed by atoms with van der Waals surface area (Å²) in [5.74, 6) is 3.79.